The highest BCUT2D eigenvalue weighted by molar-refractivity contribution is 5.86. The highest BCUT2D eigenvalue weighted by Gasteiger charge is 2.15. The maximum absolute atomic E-state index is 12.2. The van der Waals surface area contributed by atoms with Gasteiger partial charge in [-0.05, 0) is 56.9 Å². The van der Waals surface area contributed by atoms with Gasteiger partial charge in [0.15, 0.2) is 5.58 Å². The molecule has 7 heteroatoms. The van der Waals surface area contributed by atoms with Crippen LogP contribution in [0.25, 0.3) is 11.1 Å². The van der Waals surface area contributed by atoms with Crippen molar-refractivity contribution in [1.82, 2.24) is 9.47 Å². The molecule has 0 fully saturated rings. The molecule has 0 spiro atoms. The van der Waals surface area contributed by atoms with Gasteiger partial charge < -0.3 is 14.4 Å². The number of rotatable bonds is 7. The summed E-state index contributed by atoms with van der Waals surface area (Å²) in [4.78, 5) is 27.2. The number of carbonyl (C=O) groups is 1. The van der Waals surface area contributed by atoms with Gasteiger partial charge in [0, 0.05) is 12.2 Å². The Kier molecular flexibility index (Phi) is 5.61. The molecule has 27 heavy (non-hydrogen) atoms. The highest BCUT2D eigenvalue weighted by Crippen LogP contribution is 2.19. The van der Waals surface area contributed by atoms with Gasteiger partial charge in [-0.1, -0.05) is 24.3 Å². The molecule has 0 saturated carbocycles. The minimum Gasteiger partial charge on any atom is -0.465 e. The van der Waals surface area contributed by atoms with Crippen LogP contribution in [0.15, 0.2) is 57.7 Å². The highest BCUT2D eigenvalue weighted by atomic mass is 16.4. The summed E-state index contributed by atoms with van der Waals surface area (Å²) in [6, 6.07) is 14.5. The van der Waals surface area contributed by atoms with Crippen LogP contribution in [0.1, 0.15) is 12.0 Å². The topological polar surface area (TPSA) is 78.9 Å². The SMILES string of the molecule is CN(C)CCCN(C(=O)O)c1cccc(Cn2c(=O)oc3ccccc32)c1. The van der Waals surface area contributed by atoms with Gasteiger partial charge in [0.25, 0.3) is 0 Å². The quantitative estimate of drug-likeness (QED) is 0.692. The molecule has 1 aromatic heterocycles. The number of benzene rings is 2. The lowest BCUT2D eigenvalue weighted by Crippen LogP contribution is -2.32. The molecule has 3 rings (SSSR count). The molecule has 0 saturated heterocycles. The molecule has 0 aliphatic heterocycles. The number of para-hydroxylation sites is 2. The first-order valence-electron chi connectivity index (χ1n) is 8.78. The van der Waals surface area contributed by atoms with Crippen molar-refractivity contribution in [3.63, 3.8) is 0 Å². The van der Waals surface area contributed by atoms with E-state index in [1.807, 2.05) is 43.3 Å². The minimum absolute atomic E-state index is 0.314. The van der Waals surface area contributed by atoms with Gasteiger partial charge >= 0.3 is 11.8 Å². The first-order chi connectivity index (χ1) is 13.0. The number of oxazole rings is 1. The third-order valence-corrected chi connectivity index (χ3v) is 4.35. The average Bonchev–Trinajstić information content (AvgIpc) is 2.94. The van der Waals surface area contributed by atoms with E-state index in [1.54, 1.807) is 28.8 Å². The Balaban J connectivity index is 1.84. The van der Waals surface area contributed by atoms with Crippen LogP contribution in [0.5, 0.6) is 0 Å². The first-order valence-corrected chi connectivity index (χ1v) is 8.78. The van der Waals surface area contributed by atoms with E-state index >= 15 is 0 Å². The summed E-state index contributed by atoms with van der Waals surface area (Å²) in [5, 5.41) is 9.57. The van der Waals surface area contributed by atoms with Crippen molar-refractivity contribution >= 4 is 22.9 Å². The number of hydrogen-bond donors (Lipinski definition) is 1. The third-order valence-electron chi connectivity index (χ3n) is 4.35. The first kappa shape index (κ1) is 18.7. The van der Waals surface area contributed by atoms with Crippen molar-refractivity contribution in [1.29, 1.82) is 0 Å². The zero-order valence-electron chi connectivity index (χ0n) is 15.5. The minimum atomic E-state index is -0.989. The fraction of sp³-hybridized carbons (Fsp3) is 0.300. The van der Waals surface area contributed by atoms with E-state index < -0.39 is 11.8 Å². The Morgan fingerprint density at radius 3 is 2.63 bits per heavy atom. The zero-order valence-corrected chi connectivity index (χ0v) is 15.5. The standard InChI is InChI=1S/C20H23N3O4/c1-21(2)11-6-12-22(19(24)25)16-8-5-7-15(13-16)14-23-17-9-3-4-10-18(17)27-20(23)26/h3-5,7-10,13H,6,11-12,14H2,1-2H3,(H,24,25). The van der Waals surface area contributed by atoms with Crippen molar-refractivity contribution in [2.75, 3.05) is 32.1 Å². The molecular formula is C20H23N3O4. The normalized spacial score (nSPS) is 11.2. The van der Waals surface area contributed by atoms with Crippen LogP contribution in [0.3, 0.4) is 0 Å². The third kappa shape index (κ3) is 4.38. The maximum Gasteiger partial charge on any atom is 0.420 e. The van der Waals surface area contributed by atoms with Crippen molar-refractivity contribution in [2.24, 2.45) is 0 Å². The fourth-order valence-corrected chi connectivity index (χ4v) is 3.05. The predicted octanol–water partition coefficient (Wildman–Crippen LogP) is 3.08. The average molecular weight is 369 g/mol. The molecule has 1 heterocycles. The summed E-state index contributed by atoms with van der Waals surface area (Å²) < 4.78 is 6.81. The lowest BCUT2D eigenvalue weighted by atomic mass is 10.1. The second-order valence-corrected chi connectivity index (χ2v) is 6.68. The molecule has 2 aromatic carbocycles. The number of nitrogens with zero attached hydrogens (tertiary/aromatic N) is 3. The molecule has 0 atom stereocenters. The summed E-state index contributed by atoms with van der Waals surface area (Å²) in [5.41, 5.74) is 2.68. The second-order valence-electron chi connectivity index (χ2n) is 6.68. The zero-order chi connectivity index (χ0) is 19.4. The number of anilines is 1. The van der Waals surface area contributed by atoms with Gasteiger partial charge in [0.1, 0.15) is 0 Å². The Morgan fingerprint density at radius 2 is 1.89 bits per heavy atom. The van der Waals surface area contributed by atoms with Gasteiger partial charge in [0.2, 0.25) is 0 Å². The molecule has 0 bridgehead atoms. The summed E-state index contributed by atoms with van der Waals surface area (Å²) in [7, 11) is 3.91. The van der Waals surface area contributed by atoms with Crippen molar-refractivity contribution in [3.05, 3.63) is 64.6 Å². The maximum atomic E-state index is 12.2. The van der Waals surface area contributed by atoms with E-state index in [1.165, 1.54) is 4.90 Å². The monoisotopic (exact) mass is 369 g/mol. The van der Waals surface area contributed by atoms with Crippen LogP contribution in [-0.2, 0) is 6.54 Å². The smallest absolute Gasteiger partial charge is 0.420 e. The fourth-order valence-electron chi connectivity index (χ4n) is 3.05. The van der Waals surface area contributed by atoms with E-state index in [-0.39, 0.29) is 0 Å². The van der Waals surface area contributed by atoms with Crippen LogP contribution >= 0.6 is 0 Å². The number of aromatic nitrogens is 1. The van der Waals surface area contributed by atoms with Gasteiger partial charge in [-0.25, -0.2) is 9.59 Å². The molecule has 0 aliphatic carbocycles. The molecule has 0 aliphatic rings. The van der Waals surface area contributed by atoms with Crippen molar-refractivity contribution in [2.45, 2.75) is 13.0 Å². The Bertz CT molecular complexity index is 990. The number of carboxylic acid groups (broad SMARTS) is 1. The molecule has 142 valence electrons. The Morgan fingerprint density at radius 1 is 1.11 bits per heavy atom. The van der Waals surface area contributed by atoms with E-state index in [9.17, 15) is 14.7 Å². The molecule has 1 N–H and O–H groups in total. The molecule has 3 aromatic rings. The summed E-state index contributed by atoms with van der Waals surface area (Å²) in [6.07, 6.45) is -0.258. The van der Waals surface area contributed by atoms with Crippen molar-refractivity contribution < 1.29 is 14.3 Å². The Labute approximate surface area is 157 Å². The van der Waals surface area contributed by atoms with Crippen LogP contribution in [0.4, 0.5) is 10.5 Å². The van der Waals surface area contributed by atoms with Crippen LogP contribution in [0.2, 0.25) is 0 Å². The molecular weight excluding hydrogens is 346 g/mol. The lowest BCUT2D eigenvalue weighted by molar-refractivity contribution is 0.201. The summed E-state index contributed by atoms with van der Waals surface area (Å²) >= 11 is 0. The number of amides is 1. The van der Waals surface area contributed by atoms with Gasteiger partial charge in [-0.15, -0.1) is 0 Å². The molecule has 0 unspecified atom stereocenters. The van der Waals surface area contributed by atoms with Crippen LogP contribution < -0.4 is 10.7 Å². The van der Waals surface area contributed by atoms with Crippen LogP contribution in [0, 0.1) is 0 Å². The van der Waals surface area contributed by atoms with E-state index in [2.05, 4.69) is 0 Å². The van der Waals surface area contributed by atoms with E-state index in [0.29, 0.717) is 29.9 Å². The molecule has 7 nitrogen and oxygen atoms in total. The van der Waals surface area contributed by atoms with E-state index in [0.717, 1.165) is 18.5 Å². The largest absolute Gasteiger partial charge is 0.465 e. The van der Waals surface area contributed by atoms with Gasteiger partial charge in [-0.3, -0.25) is 9.47 Å². The molecule has 1 amide bonds. The summed E-state index contributed by atoms with van der Waals surface area (Å²) in [6.45, 7) is 1.53. The number of fused-ring (bicyclic) bond motifs is 1. The molecule has 0 radical (unpaired) electrons. The predicted molar refractivity (Wildman–Crippen MR) is 105 cm³/mol. The van der Waals surface area contributed by atoms with Gasteiger partial charge in [-0.2, -0.15) is 0 Å². The Hall–Kier alpha value is -3.06. The number of hydrogen-bond acceptors (Lipinski definition) is 4. The van der Waals surface area contributed by atoms with E-state index in [4.69, 9.17) is 4.42 Å². The van der Waals surface area contributed by atoms with Crippen LogP contribution in [-0.4, -0.2) is 47.9 Å². The van der Waals surface area contributed by atoms with Gasteiger partial charge in [0.05, 0.1) is 12.1 Å². The summed E-state index contributed by atoms with van der Waals surface area (Å²) in [5.74, 6) is -0.428. The lowest BCUT2D eigenvalue weighted by Gasteiger charge is -2.21. The van der Waals surface area contributed by atoms with Crippen molar-refractivity contribution in [3.8, 4) is 0 Å². The second kappa shape index (κ2) is 8.09.